The molecule has 1 N–H and O–H groups in total. The summed E-state index contributed by atoms with van der Waals surface area (Å²) in [6.07, 6.45) is 1.05. The van der Waals surface area contributed by atoms with Crippen LogP contribution >= 0.6 is 0 Å². The van der Waals surface area contributed by atoms with Crippen molar-refractivity contribution in [3.63, 3.8) is 0 Å². The van der Waals surface area contributed by atoms with Gasteiger partial charge in [-0.1, -0.05) is 6.07 Å². The van der Waals surface area contributed by atoms with Gasteiger partial charge in [-0.2, -0.15) is 0 Å². The monoisotopic (exact) mass is 205 g/mol. The van der Waals surface area contributed by atoms with Crippen LogP contribution in [0.5, 0.6) is 5.75 Å². The molecule has 0 radical (unpaired) electrons. The number of carbonyl (C=O) groups excluding carboxylic acids is 2. The van der Waals surface area contributed by atoms with Gasteiger partial charge < -0.3 is 10.1 Å². The number of carbonyl (C=O) groups is 2. The van der Waals surface area contributed by atoms with Crippen LogP contribution in [0.25, 0.3) is 0 Å². The number of anilines is 1. The second kappa shape index (κ2) is 3.73. The number of benzene rings is 1. The molecule has 0 bridgehead atoms. The molecule has 1 heterocycles. The summed E-state index contributed by atoms with van der Waals surface area (Å²) >= 11 is 0. The summed E-state index contributed by atoms with van der Waals surface area (Å²) in [5, 5.41) is 2.74. The highest BCUT2D eigenvalue weighted by Gasteiger charge is 2.18. The summed E-state index contributed by atoms with van der Waals surface area (Å²) in [4.78, 5) is 22.0. The first-order valence-corrected chi connectivity index (χ1v) is 4.77. The summed E-state index contributed by atoms with van der Waals surface area (Å²) in [6.45, 7) is 1.36. The molecule has 15 heavy (non-hydrogen) atoms. The van der Waals surface area contributed by atoms with Crippen LogP contribution in [-0.2, 0) is 16.0 Å². The third kappa shape index (κ3) is 1.98. The van der Waals surface area contributed by atoms with E-state index in [4.69, 9.17) is 4.74 Å². The predicted octanol–water partition coefficient (Wildman–Crippen LogP) is 1.50. The van der Waals surface area contributed by atoms with Gasteiger partial charge in [-0.3, -0.25) is 9.59 Å². The maximum Gasteiger partial charge on any atom is 0.308 e. The Morgan fingerprint density at radius 3 is 2.93 bits per heavy atom. The molecule has 0 aliphatic carbocycles. The second-order valence-electron chi connectivity index (χ2n) is 3.42. The molecule has 4 heteroatoms. The van der Waals surface area contributed by atoms with Crippen molar-refractivity contribution in [1.82, 2.24) is 0 Å². The number of rotatable bonds is 1. The molecule has 0 saturated carbocycles. The van der Waals surface area contributed by atoms with Crippen molar-refractivity contribution in [3.05, 3.63) is 23.8 Å². The van der Waals surface area contributed by atoms with Crippen molar-refractivity contribution < 1.29 is 14.3 Å². The molecular formula is C11H11NO3. The van der Waals surface area contributed by atoms with Crippen LogP contribution < -0.4 is 10.1 Å². The fourth-order valence-corrected chi connectivity index (χ4v) is 1.64. The van der Waals surface area contributed by atoms with Gasteiger partial charge in [-0.15, -0.1) is 0 Å². The van der Waals surface area contributed by atoms with Crippen molar-refractivity contribution in [2.24, 2.45) is 0 Å². The van der Waals surface area contributed by atoms with E-state index in [2.05, 4.69) is 5.32 Å². The first-order valence-electron chi connectivity index (χ1n) is 4.77. The molecular weight excluding hydrogens is 194 g/mol. The molecule has 1 aliphatic heterocycles. The number of nitrogens with one attached hydrogen (secondary N) is 1. The van der Waals surface area contributed by atoms with E-state index in [0.717, 1.165) is 11.3 Å². The van der Waals surface area contributed by atoms with E-state index >= 15 is 0 Å². The Hall–Kier alpha value is -1.84. The first-order chi connectivity index (χ1) is 7.16. The lowest BCUT2D eigenvalue weighted by Gasteiger charge is -2.18. The van der Waals surface area contributed by atoms with Crippen LogP contribution in [0.1, 0.15) is 18.9 Å². The second-order valence-corrected chi connectivity index (χ2v) is 3.42. The van der Waals surface area contributed by atoms with Gasteiger partial charge in [0.1, 0.15) is 5.75 Å². The van der Waals surface area contributed by atoms with E-state index in [1.54, 1.807) is 18.2 Å². The van der Waals surface area contributed by atoms with Gasteiger partial charge in [0.2, 0.25) is 5.91 Å². The molecule has 78 valence electrons. The third-order valence-electron chi connectivity index (χ3n) is 2.26. The highest BCUT2D eigenvalue weighted by atomic mass is 16.5. The van der Waals surface area contributed by atoms with Crippen LogP contribution in [0.4, 0.5) is 5.69 Å². The smallest absolute Gasteiger partial charge is 0.308 e. The van der Waals surface area contributed by atoms with Crippen LogP contribution in [0.3, 0.4) is 0 Å². The van der Waals surface area contributed by atoms with Gasteiger partial charge in [0.25, 0.3) is 0 Å². The van der Waals surface area contributed by atoms with Crippen LogP contribution in [0.2, 0.25) is 0 Å². The maximum atomic E-state index is 11.1. The number of hydrogen-bond donors (Lipinski definition) is 1. The first kappa shape index (κ1) is 9.71. The molecule has 0 saturated heterocycles. The number of fused-ring (bicyclic) bond motifs is 1. The molecule has 1 aromatic carbocycles. The molecule has 1 amide bonds. The van der Waals surface area contributed by atoms with Gasteiger partial charge >= 0.3 is 5.97 Å². The third-order valence-corrected chi connectivity index (χ3v) is 2.26. The minimum absolute atomic E-state index is 0.00229. The summed E-state index contributed by atoms with van der Waals surface area (Å²) in [5.41, 5.74) is 1.64. The zero-order valence-corrected chi connectivity index (χ0v) is 8.37. The Bertz CT molecular complexity index is 426. The van der Waals surface area contributed by atoms with Crippen molar-refractivity contribution in [2.75, 3.05) is 5.32 Å². The maximum absolute atomic E-state index is 11.1. The molecule has 0 atom stereocenters. The largest absolute Gasteiger partial charge is 0.426 e. The van der Waals surface area contributed by atoms with E-state index in [0.29, 0.717) is 18.6 Å². The minimum Gasteiger partial charge on any atom is -0.426 e. The summed E-state index contributed by atoms with van der Waals surface area (Å²) in [5.74, 6) is 0.197. The Kier molecular flexibility index (Phi) is 2.41. The van der Waals surface area contributed by atoms with E-state index in [1.165, 1.54) is 6.92 Å². The van der Waals surface area contributed by atoms with E-state index in [-0.39, 0.29) is 11.9 Å². The molecule has 0 fully saturated rings. The number of ether oxygens (including phenoxy) is 1. The average molecular weight is 205 g/mol. The van der Waals surface area contributed by atoms with Crippen LogP contribution in [0, 0.1) is 0 Å². The molecule has 0 aromatic heterocycles. The van der Waals surface area contributed by atoms with Crippen LogP contribution in [-0.4, -0.2) is 11.9 Å². The Morgan fingerprint density at radius 2 is 2.20 bits per heavy atom. The van der Waals surface area contributed by atoms with Gasteiger partial charge in [-0.25, -0.2) is 0 Å². The number of amides is 1. The van der Waals surface area contributed by atoms with Crippen molar-refractivity contribution in [2.45, 2.75) is 19.8 Å². The average Bonchev–Trinajstić information content (AvgIpc) is 2.16. The summed E-state index contributed by atoms with van der Waals surface area (Å²) in [6, 6.07) is 5.29. The summed E-state index contributed by atoms with van der Waals surface area (Å²) in [7, 11) is 0. The van der Waals surface area contributed by atoms with Gasteiger partial charge in [-0.05, 0) is 18.6 Å². The van der Waals surface area contributed by atoms with Crippen molar-refractivity contribution in [3.8, 4) is 5.75 Å². The molecule has 0 spiro atoms. The van der Waals surface area contributed by atoms with Gasteiger partial charge in [0.05, 0.1) is 0 Å². The van der Waals surface area contributed by atoms with Gasteiger partial charge in [0, 0.05) is 24.6 Å². The van der Waals surface area contributed by atoms with Crippen LogP contribution in [0.15, 0.2) is 18.2 Å². The highest BCUT2D eigenvalue weighted by molar-refractivity contribution is 5.94. The highest BCUT2D eigenvalue weighted by Crippen LogP contribution is 2.30. The number of hydrogen-bond acceptors (Lipinski definition) is 3. The molecule has 0 unspecified atom stereocenters. The zero-order valence-electron chi connectivity index (χ0n) is 8.37. The standard InChI is InChI=1S/C11H11NO3/c1-7(13)15-10-4-2-3-9-8(10)5-6-11(14)12-9/h2-4H,5-6H2,1H3,(H,12,14). The Labute approximate surface area is 87.2 Å². The van der Waals surface area contributed by atoms with Gasteiger partial charge in [0.15, 0.2) is 0 Å². The SMILES string of the molecule is CC(=O)Oc1cccc2c1CCC(=O)N2. The lowest BCUT2D eigenvalue weighted by Crippen LogP contribution is -2.19. The molecule has 2 rings (SSSR count). The van der Waals surface area contributed by atoms with E-state index in [1.807, 2.05) is 0 Å². The normalized spacial score (nSPS) is 14.1. The van der Waals surface area contributed by atoms with E-state index < -0.39 is 0 Å². The Balaban J connectivity index is 2.37. The summed E-state index contributed by atoms with van der Waals surface area (Å²) < 4.78 is 5.06. The predicted molar refractivity (Wildman–Crippen MR) is 54.7 cm³/mol. The van der Waals surface area contributed by atoms with Crippen molar-refractivity contribution in [1.29, 1.82) is 0 Å². The minimum atomic E-state index is -0.347. The van der Waals surface area contributed by atoms with E-state index in [9.17, 15) is 9.59 Å². The Morgan fingerprint density at radius 1 is 1.40 bits per heavy atom. The fraction of sp³-hybridized carbons (Fsp3) is 0.273. The molecule has 1 aromatic rings. The molecule has 4 nitrogen and oxygen atoms in total. The van der Waals surface area contributed by atoms with Crippen molar-refractivity contribution >= 4 is 17.6 Å². The lowest BCUT2D eigenvalue weighted by atomic mass is 10.0. The lowest BCUT2D eigenvalue weighted by molar-refractivity contribution is -0.131. The zero-order chi connectivity index (χ0) is 10.8. The molecule has 1 aliphatic rings. The fourth-order valence-electron chi connectivity index (χ4n) is 1.64. The quantitative estimate of drug-likeness (QED) is 0.558. The number of esters is 1. The topological polar surface area (TPSA) is 55.4 Å².